The zero-order valence-corrected chi connectivity index (χ0v) is 16.6. The number of benzene rings is 2. The number of anilines is 1. The Balaban J connectivity index is 1.54. The van der Waals surface area contributed by atoms with E-state index in [0.717, 1.165) is 21.8 Å². The second-order valence-corrected chi connectivity index (χ2v) is 7.17. The number of imidazole rings is 1. The van der Waals surface area contributed by atoms with Gasteiger partial charge in [-0.25, -0.2) is 4.98 Å². The molecule has 28 heavy (non-hydrogen) atoms. The first-order valence-electron chi connectivity index (χ1n) is 8.84. The average Bonchev–Trinajstić information content (AvgIpc) is 3.11. The Morgan fingerprint density at radius 1 is 1.07 bits per heavy atom. The molecule has 3 rings (SSSR count). The van der Waals surface area contributed by atoms with E-state index in [4.69, 9.17) is 0 Å². The molecule has 1 aromatic heterocycles. The SMILES string of the molecule is CSc1ccc(NC(=O)C(=O)NCc2cccc(Cn3ccnc3C)c2)cc1. The molecule has 0 aliphatic carbocycles. The number of amides is 2. The molecule has 0 aliphatic heterocycles. The van der Waals surface area contributed by atoms with E-state index in [-0.39, 0.29) is 6.54 Å². The number of carbonyl (C=O) groups excluding carboxylic acids is 2. The van der Waals surface area contributed by atoms with Gasteiger partial charge in [-0.15, -0.1) is 11.8 Å². The number of nitrogens with zero attached hydrogens (tertiary/aromatic N) is 2. The highest BCUT2D eigenvalue weighted by Crippen LogP contribution is 2.17. The molecular weight excluding hydrogens is 372 g/mol. The Hall–Kier alpha value is -3.06. The molecule has 1 heterocycles. The Bertz CT molecular complexity index is 967. The monoisotopic (exact) mass is 394 g/mol. The number of nitrogens with one attached hydrogen (secondary N) is 2. The third kappa shape index (κ3) is 5.23. The van der Waals surface area contributed by atoms with Crippen LogP contribution in [0.5, 0.6) is 0 Å². The highest BCUT2D eigenvalue weighted by Gasteiger charge is 2.13. The fraction of sp³-hybridized carbons (Fsp3) is 0.190. The molecule has 0 atom stereocenters. The molecule has 0 bridgehead atoms. The van der Waals surface area contributed by atoms with Gasteiger partial charge in [0.15, 0.2) is 0 Å². The number of hydrogen-bond acceptors (Lipinski definition) is 4. The van der Waals surface area contributed by atoms with Crippen LogP contribution in [-0.2, 0) is 22.7 Å². The lowest BCUT2D eigenvalue weighted by Gasteiger charge is -2.09. The summed E-state index contributed by atoms with van der Waals surface area (Å²) in [4.78, 5) is 29.5. The molecule has 0 radical (unpaired) electrons. The topological polar surface area (TPSA) is 76.0 Å². The van der Waals surface area contributed by atoms with Crippen molar-refractivity contribution in [1.82, 2.24) is 14.9 Å². The van der Waals surface area contributed by atoms with Crippen molar-refractivity contribution < 1.29 is 9.59 Å². The van der Waals surface area contributed by atoms with Gasteiger partial charge in [0.25, 0.3) is 0 Å². The van der Waals surface area contributed by atoms with Crippen LogP contribution < -0.4 is 10.6 Å². The van der Waals surface area contributed by atoms with Crippen LogP contribution in [0.15, 0.2) is 65.8 Å². The van der Waals surface area contributed by atoms with Crippen molar-refractivity contribution in [2.75, 3.05) is 11.6 Å². The standard InChI is InChI=1S/C21H22N4O2S/c1-15-22-10-11-25(15)14-17-5-3-4-16(12-17)13-23-20(26)21(27)24-18-6-8-19(28-2)9-7-18/h3-12H,13-14H2,1-2H3,(H,23,26)(H,24,27). The van der Waals surface area contributed by atoms with Gasteiger partial charge in [0.2, 0.25) is 0 Å². The van der Waals surface area contributed by atoms with Gasteiger partial charge in [0.05, 0.1) is 0 Å². The van der Waals surface area contributed by atoms with E-state index in [0.29, 0.717) is 12.2 Å². The Labute approximate surface area is 168 Å². The predicted molar refractivity (Wildman–Crippen MR) is 111 cm³/mol. The molecule has 0 aliphatic rings. The molecule has 144 valence electrons. The summed E-state index contributed by atoms with van der Waals surface area (Å²) in [5.41, 5.74) is 2.63. The van der Waals surface area contributed by atoms with Gasteiger partial charge in [-0.1, -0.05) is 24.3 Å². The molecule has 6 nitrogen and oxygen atoms in total. The van der Waals surface area contributed by atoms with Crippen molar-refractivity contribution in [2.45, 2.75) is 24.9 Å². The van der Waals surface area contributed by atoms with Crippen LogP contribution in [0, 0.1) is 6.92 Å². The lowest BCUT2D eigenvalue weighted by Crippen LogP contribution is -2.34. The highest BCUT2D eigenvalue weighted by atomic mass is 32.2. The van der Waals surface area contributed by atoms with Gasteiger partial charge in [-0.2, -0.15) is 0 Å². The first kappa shape index (κ1) is 19.7. The van der Waals surface area contributed by atoms with E-state index < -0.39 is 11.8 Å². The van der Waals surface area contributed by atoms with E-state index >= 15 is 0 Å². The number of hydrogen-bond donors (Lipinski definition) is 2. The summed E-state index contributed by atoms with van der Waals surface area (Å²) < 4.78 is 2.05. The minimum Gasteiger partial charge on any atom is -0.344 e. The molecule has 0 spiro atoms. The number of thioether (sulfide) groups is 1. The number of carbonyl (C=O) groups is 2. The van der Waals surface area contributed by atoms with Gasteiger partial charge in [-0.05, 0) is 48.6 Å². The molecule has 7 heteroatoms. The normalized spacial score (nSPS) is 10.5. The van der Waals surface area contributed by atoms with Crippen LogP contribution in [0.4, 0.5) is 5.69 Å². The van der Waals surface area contributed by atoms with Crippen LogP contribution in [0.1, 0.15) is 17.0 Å². The largest absolute Gasteiger partial charge is 0.344 e. The van der Waals surface area contributed by atoms with Gasteiger partial charge < -0.3 is 15.2 Å². The smallest absolute Gasteiger partial charge is 0.313 e. The van der Waals surface area contributed by atoms with E-state index in [1.54, 1.807) is 30.1 Å². The lowest BCUT2D eigenvalue weighted by atomic mass is 10.1. The summed E-state index contributed by atoms with van der Waals surface area (Å²) in [6.07, 6.45) is 5.68. The van der Waals surface area contributed by atoms with Gasteiger partial charge in [0, 0.05) is 36.1 Å². The van der Waals surface area contributed by atoms with Crippen LogP contribution in [0.25, 0.3) is 0 Å². The second kappa shape index (κ2) is 9.23. The number of aromatic nitrogens is 2. The van der Waals surface area contributed by atoms with E-state index in [2.05, 4.69) is 15.6 Å². The zero-order chi connectivity index (χ0) is 19.9. The minimum absolute atomic E-state index is 0.286. The molecule has 2 amide bonds. The third-order valence-corrected chi connectivity index (χ3v) is 5.02. The fourth-order valence-electron chi connectivity index (χ4n) is 2.73. The Morgan fingerprint density at radius 2 is 1.82 bits per heavy atom. The van der Waals surface area contributed by atoms with E-state index in [1.165, 1.54) is 0 Å². The third-order valence-electron chi connectivity index (χ3n) is 4.28. The lowest BCUT2D eigenvalue weighted by molar-refractivity contribution is -0.136. The molecule has 2 aromatic carbocycles. The molecular formula is C21H22N4O2S. The van der Waals surface area contributed by atoms with Gasteiger partial charge in [-0.3, -0.25) is 9.59 Å². The summed E-state index contributed by atoms with van der Waals surface area (Å²) >= 11 is 1.61. The number of rotatable bonds is 6. The first-order chi connectivity index (χ1) is 13.5. The van der Waals surface area contributed by atoms with Crippen molar-refractivity contribution in [2.24, 2.45) is 0 Å². The maximum absolute atomic E-state index is 12.1. The Kier molecular flexibility index (Phi) is 6.49. The maximum atomic E-state index is 12.1. The zero-order valence-electron chi connectivity index (χ0n) is 15.8. The molecule has 2 N–H and O–H groups in total. The summed E-state index contributed by atoms with van der Waals surface area (Å²) in [5, 5.41) is 5.27. The minimum atomic E-state index is -0.679. The quantitative estimate of drug-likeness (QED) is 0.497. The molecule has 0 unspecified atom stereocenters. The summed E-state index contributed by atoms with van der Waals surface area (Å²) in [6.45, 7) is 2.95. The van der Waals surface area contributed by atoms with Crippen LogP contribution >= 0.6 is 11.8 Å². The predicted octanol–water partition coefficient (Wildman–Crippen LogP) is 3.22. The van der Waals surface area contributed by atoms with Crippen molar-refractivity contribution in [3.05, 3.63) is 77.9 Å². The van der Waals surface area contributed by atoms with E-state index in [1.807, 2.05) is 60.3 Å². The van der Waals surface area contributed by atoms with Crippen LogP contribution in [0.3, 0.4) is 0 Å². The summed E-state index contributed by atoms with van der Waals surface area (Å²) in [7, 11) is 0. The van der Waals surface area contributed by atoms with Crippen molar-refractivity contribution in [3.63, 3.8) is 0 Å². The Morgan fingerprint density at radius 3 is 2.50 bits per heavy atom. The summed E-state index contributed by atoms with van der Waals surface area (Å²) in [6, 6.07) is 15.2. The van der Waals surface area contributed by atoms with Crippen molar-refractivity contribution >= 4 is 29.3 Å². The summed E-state index contributed by atoms with van der Waals surface area (Å²) in [5.74, 6) is -0.396. The number of aryl methyl sites for hydroxylation is 1. The van der Waals surface area contributed by atoms with Gasteiger partial charge >= 0.3 is 11.8 Å². The van der Waals surface area contributed by atoms with E-state index in [9.17, 15) is 9.59 Å². The van der Waals surface area contributed by atoms with Gasteiger partial charge in [0.1, 0.15) is 5.82 Å². The second-order valence-electron chi connectivity index (χ2n) is 6.29. The van der Waals surface area contributed by atoms with Crippen molar-refractivity contribution in [1.29, 1.82) is 0 Å². The maximum Gasteiger partial charge on any atom is 0.313 e. The molecule has 0 saturated carbocycles. The fourth-order valence-corrected chi connectivity index (χ4v) is 3.14. The van der Waals surface area contributed by atoms with Crippen molar-refractivity contribution in [3.8, 4) is 0 Å². The molecule has 0 fully saturated rings. The highest BCUT2D eigenvalue weighted by molar-refractivity contribution is 7.98. The first-order valence-corrected chi connectivity index (χ1v) is 10.1. The molecule has 3 aromatic rings. The average molecular weight is 395 g/mol. The molecule has 0 saturated heterocycles. The van der Waals surface area contributed by atoms with Crippen LogP contribution in [-0.4, -0.2) is 27.6 Å². The van der Waals surface area contributed by atoms with Crippen LogP contribution in [0.2, 0.25) is 0 Å².